The minimum Gasteiger partial charge on any atom is -0.442 e. The van der Waals surface area contributed by atoms with Gasteiger partial charge >= 0.3 is 6.09 Å². The van der Waals surface area contributed by atoms with Crippen LogP contribution in [-0.4, -0.2) is 48.5 Å². The quantitative estimate of drug-likeness (QED) is 0.705. The molecule has 26 heavy (non-hydrogen) atoms. The van der Waals surface area contributed by atoms with Crippen LogP contribution in [-0.2, 0) is 11.3 Å². The second-order valence-corrected chi connectivity index (χ2v) is 6.07. The fraction of sp³-hybridized carbons (Fsp3) is 0.312. The zero-order chi connectivity index (χ0) is 18.3. The zero-order valence-corrected chi connectivity index (χ0v) is 14.2. The van der Waals surface area contributed by atoms with Gasteiger partial charge in [0, 0.05) is 6.20 Å². The molecule has 10 heteroatoms. The number of amides is 1. The van der Waals surface area contributed by atoms with E-state index in [-0.39, 0.29) is 13.1 Å². The number of aryl methyl sites for hydroxylation is 2. The molecule has 4 rings (SSSR count). The summed E-state index contributed by atoms with van der Waals surface area (Å²) in [5.41, 5.74) is 1.58. The maximum Gasteiger partial charge on any atom is 0.414 e. The second-order valence-electron chi connectivity index (χ2n) is 6.07. The van der Waals surface area contributed by atoms with Crippen LogP contribution in [0.1, 0.15) is 11.5 Å². The lowest BCUT2D eigenvalue weighted by Crippen LogP contribution is -2.26. The molecule has 0 aliphatic carbocycles. The van der Waals surface area contributed by atoms with Gasteiger partial charge in [-0.3, -0.25) is 4.90 Å². The van der Waals surface area contributed by atoms with Crippen molar-refractivity contribution in [1.82, 2.24) is 29.8 Å². The first-order chi connectivity index (χ1) is 12.5. The maximum absolute atomic E-state index is 14.5. The van der Waals surface area contributed by atoms with Gasteiger partial charge in [-0.1, -0.05) is 0 Å². The third-order valence-electron chi connectivity index (χ3n) is 4.03. The normalized spacial score (nSPS) is 17.0. The van der Waals surface area contributed by atoms with Gasteiger partial charge in [-0.25, -0.2) is 14.2 Å². The number of halogens is 1. The van der Waals surface area contributed by atoms with Crippen molar-refractivity contribution in [3.63, 3.8) is 0 Å². The van der Waals surface area contributed by atoms with Gasteiger partial charge in [-0.05, 0) is 37.3 Å². The molecule has 0 spiro atoms. The van der Waals surface area contributed by atoms with Gasteiger partial charge in [-0.15, -0.1) is 10.2 Å². The van der Waals surface area contributed by atoms with Crippen LogP contribution in [0, 0.1) is 19.7 Å². The standard InChI is InChI=1S/C16H16FN7O2/c1-10-6-22(9-18-10)15-4-3-12(5-14(15)17)23-7-13(26-16(23)25)8-24-20-11(2)19-21-24/h3-6,9,13H,7-8H2,1-2H3/t13-/m1/s1. The van der Waals surface area contributed by atoms with Crippen LogP contribution in [0.25, 0.3) is 5.69 Å². The Hall–Kier alpha value is -3.30. The number of imidazole rings is 1. The number of rotatable bonds is 4. The molecule has 3 heterocycles. The van der Waals surface area contributed by atoms with E-state index in [0.29, 0.717) is 17.2 Å². The SMILES string of the molecule is Cc1cn(-c2ccc(N3C[C@H](Cn4nnc(C)n4)OC3=O)cc2F)cn1. The van der Waals surface area contributed by atoms with Gasteiger partial charge in [-0.2, -0.15) is 4.80 Å². The van der Waals surface area contributed by atoms with E-state index in [9.17, 15) is 9.18 Å². The molecule has 1 saturated heterocycles. The van der Waals surface area contributed by atoms with E-state index in [1.54, 1.807) is 36.1 Å². The Morgan fingerprint density at radius 2 is 2.19 bits per heavy atom. The topological polar surface area (TPSA) is 91.0 Å². The van der Waals surface area contributed by atoms with Crippen molar-refractivity contribution in [2.75, 3.05) is 11.4 Å². The number of nitrogens with zero attached hydrogens (tertiary/aromatic N) is 7. The first-order valence-electron chi connectivity index (χ1n) is 8.02. The minimum atomic E-state index is -0.530. The summed E-state index contributed by atoms with van der Waals surface area (Å²) in [4.78, 5) is 19.0. The molecule has 0 saturated carbocycles. The Morgan fingerprint density at radius 1 is 1.35 bits per heavy atom. The fourth-order valence-electron chi connectivity index (χ4n) is 2.84. The van der Waals surface area contributed by atoms with Crippen LogP contribution in [0.15, 0.2) is 30.7 Å². The number of ether oxygens (including phenoxy) is 1. The van der Waals surface area contributed by atoms with Crippen LogP contribution in [0.5, 0.6) is 0 Å². The third-order valence-corrected chi connectivity index (χ3v) is 4.03. The predicted molar refractivity (Wildman–Crippen MR) is 88.4 cm³/mol. The summed E-state index contributed by atoms with van der Waals surface area (Å²) in [6.45, 7) is 4.12. The molecule has 1 aliphatic rings. The van der Waals surface area contributed by atoms with Gasteiger partial charge in [0.05, 0.1) is 29.9 Å². The van der Waals surface area contributed by atoms with Crippen molar-refractivity contribution < 1.29 is 13.9 Å². The summed E-state index contributed by atoms with van der Waals surface area (Å²) in [6, 6.07) is 4.59. The lowest BCUT2D eigenvalue weighted by atomic mass is 10.2. The van der Waals surface area contributed by atoms with Crippen molar-refractivity contribution in [3.05, 3.63) is 48.1 Å². The third kappa shape index (κ3) is 3.01. The highest BCUT2D eigenvalue weighted by molar-refractivity contribution is 5.89. The average Bonchev–Trinajstić information content (AvgIpc) is 3.29. The highest BCUT2D eigenvalue weighted by atomic mass is 19.1. The van der Waals surface area contributed by atoms with Crippen LogP contribution >= 0.6 is 0 Å². The molecule has 9 nitrogen and oxygen atoms in total. The number of hydrogen-bond donors (Lipinski definition) is 0. The van der Waals surface area contributed by atoms with Crippen LogP contribution in [0.4, 0.5) is 14.9 Å². The highest BCUT2D eigenvalue weighted by Crippen LogP contribution is 2.26. The lowest BCUT2D eigenvalue weighted by Gasteiger charge is -2.14. The lowest BCUT2D eigenvalue weighted by molar-refractivity contribution is 0.126. The smallest absolute Gasteiger partial charge is 0.414 e. The molecule has 0 N–H and O–H groups in total. The van der Waals surface area contributed by atoms with Crippen molar-refractivity contribution in [2.45, 2.75) is 26.5 Å². The van der Waals surface area contributed by atoms with Gasteiger partial charge in [0.15, 0.2) is 5.82 Å². The molecule has 0 radical (unpaired) electrons. The van der Waals surface area contributed by atoms with Crippen molar-refractivity contribution in [3.8, 4) is 5.69 Å². The molecular weight excluding hydrogens is 341 g/mol. The summed E-state index contributed by atoms with van der Waals surface area (Å²) in [7, 11) is 0. The predicted octanol–water partition coefficient (Wildman–Crippen LogP) is 1.64. The van der Waals surface area contributed by atoms with E-state index in [1.807, 2.05) is 6.92 Å². The summed E-state index contributed by atoms with van der Waals surface area (Å²) >= 11 is 0. The zero-order valence-electron chi connectivity index (χ0n) is 14.2. The Balaban J connectivity index is 1.52. The number of cyclic esters (lactones) is 1. The number of carbonyl (C=O) groups excluding carboxylic acids is 1. The summed E-state index contributed by atoms with van der Waals surface area (Å²) in [5.74, 6) is 0.0864. The van der Waals surface area contributed by atoms with Crippen LogP contribution in [0.2, 0.25) is 0 Å². The molecule has 0 bridgehead atoms. The Kier molecular flexibility index (Phi) is 3.86. The van der Waals surface area contributed by atoms with Gasteiger partial charge in [0.1, 0.15) is 18.5 Å². The summed E-state index contributed by atoms with van der Waals surface area (Å²) in [5, 5.41) is 11.7. The van der Waals surface area contributed by atoms with Gasteiger partial charge in [0.25, 0.3) is 0 Å². The monoisotopic (exact) mass is 357 g/mol. The van der Waals surface area contributed by atoms with Crippen LogP contribution < -0.4 is 4.90 Å². The summed E-state index contributed by atoms with van der Waals surface area (Å²) < 4.78 is 21.4. The van der Waals surface area contributed by atoms with Crippen LogP contribution in [0.3, 0.4) is 0 Å². The van der Waals surface area contributed by atoms with E-state index < -0.39 is 18.0 Å². The molecule has 3 aromatic rings. The molecule has 1 aromatic carbocycles. The first kappa shape index (κ1) is 16.2. The van der Waals surface area contributed by atoms with E-state index >= 15 is 0 Å². The maximum atomic E-state index is 14.5. The number of aromatic nitrogens is 6. The van der Waals surface area contributed by atoms with Gasteiger partial charge < -0.3 is 9.30 Å². The first-order valence-corrected chi connectivity index (χ1v) is 8.02. The Bertz CT molecular complexity index is 967. The van der Waals surface area contributed by atoms with E-state index in [4.69, 9.17) is 4.74 Å². The second kappa shape index (κ2) is 6.21. The molecule has 134 valence electrons. The Labute approximate surface area is 148 Å². The van der Waals surface area contributed by atoms with Gasteiger partial charge in [0.2, 0.25) is 0 Å². The van der Waals surface area contributed by atoms with Crippen molar-refractivity contribution in [1.29, 1.82) is 0 Å². The molecular formula is C16H16FN7O2. The van der Waals surface area contributed by atoms with E-state index in [2.05, 4.69) is 20.4 Å². The minimum absolute atomic E-state index is 0.280. The fourth-order valence-corrected chi connectivity index (χ4v) is 2.84. The number of carbonyl (C=O) groups is 1. The number of tetrazole rings is 1. The molecule has 1 aliphatic heterocycles. The summed E-state index contributed by atoms with van der Waals surface area (Å²) in [6.07, 6.45) is 2.30. The molecule has 0 unspecified atom stereocenters. The largest absolute Gasteiger partial charge is 0.442 e. The molecule has 2 aromatic heterocycles. The highest BCUT2D eigenvalue weighted by Gasteiger charge is 2.33. The number of anilines is 1. The molecule has 1 amide bonds. The number of benzene rings is 1. The average molecular weight is 357 g/mol. The van der Waals surface area contributed by atoms with E-state index in [1.165, 1.54) is 15.8 Å². The number of hydrogen-bond acceptors (Lipinski definition) is 6. The molecule has 1 fully saturated rings. The Morgan fingerprint density at radius 3 is 2.85 bits per heavy atom. The molecule has 1 atom stereocenters. The van der Waals surface area contributed by atoms with E-state index in [0.717, 1.165) is 5.69 Å². The van der Waals surface area contributed by atoms with Crippen molar-refractivity contribution >= 4 is 11.8 Å². The van der Waals surface area contributed by atoms with Crippen molar-refractivity contribution in [2.24, 2.45) is 0 Å².